The van der Waals surface area contributed by atoms with Crippen LogP contribution in [-0.4, -0.2) is 39.5 Å². The molecule has 1 aromatic rings. The maximum Gasteiger partial charge on any atom is 0.243 e. The largest absolute Gasteiger partial charge is 0.384 e. The fourth-order valence-corrected chi connectivity index (χ4v) is 4.38. The third-order valence-electron chi connectivity index (χ3n) is 3.60. The lowest BCUT2D eigenvalue weighted by Gasteiger charge is -2.31. The average Bonchev–Trinajstić information content (AvgIpc) is 2.49. The Kier molecular flexibility index (Phi) is 8.07. The summed E-state index contributed by atoms with van der Waals surface area (Å²) < 4.78 is 32.0. The van der Waals surface area contributed by atoms with Crippen LogP contribution < -0.4 is 0 Å². The number of piperidine rings is 1. The molecule has 4 nitrogen and oxygen atoms in total. The summed E-state index contributed by atoms with van der Waals surface area (Å²) in [5.74, 6) is 0.303. The lowest BCUT2D eigenvalue weighted by atomic mass is 10.0. The summed E-state index contributed by atoms with van der Waals surface area (Å²) in [6, 6.07) is 7.16. The van der Waals surface area contributed by atoms with Gasteiger partial charge in [-0.25, -0.2) is 8.42 Å². The number of ether oxygens (including phenoxy) is 1. The first-order valence-corrected chi connectivity index (χ1v) is 9.46. The first kappa shape index (κ1) is 19.1. The van der Waals surface area contributed by atoms with Crippen LogP contribution in [0.4, 0.5) is 0 Å². The molecular weight excluding hydrogens is 298 g/mol. The molecule has 1 aliphatic heterocycles. The molecule has 0 bridgehead atoms. The second-order valence-corrected chi connectivity index (χ2v) is 7.71. The maximum absolute atomic E-state index is 12.6. The van der Waals surface area contributed by atoms with Gasteiger partial charge in [0.25, 0.3) is 0 Å². The van der Waals surface area contributed by atoms with Crippen molar-refractivity contribution >= 4 is 10.0 Å². The van der Waals surface area contributed by atoms with Crippen LogP contribution in [0, 0.1) is 12.8 Å². The summed E-state index contributed by atoms with van der Waals surface area (Å²) in [6.07, 6.45) is 3.19. The minimum atomic E-state index is -3.37. The topological polar surface area (TPSA) is 46.6 Å². The van der Waals surface area contributed by atoms with Crippen LogP contribution in [0.2, 0.25) is 0 Å². The van der Waals surface area contributed by atoms with Crippen molar-refractivity contribution in [2.45, 2.75) is 44.9 Å². The monoisotopic (exact) mass is 327 g/mol. The zero-order valence-corrected chi connectivity index (χ0v) is 15.0. The van der Waals surface area contributed by atoms with Crippen LogP contribution in [0.3, 0.4) is 0 Å². The van der Waals surface area contributed by atoms with Gasteiger partial charge in [-0.3, -0.25) is 0 Å². The van der Waals surface area contributed by atoms with Crippen LogP contribution in [-0.2, 0) is 14.8 Å². The van der Waals surface area contributed by atoms with E-state index in [9.17, 15) is 8.42 Å². The van der Waals surface area contributed by atoms with Gasteiger partial charge in [-0.15, -0.1) is 0 Å². The van der Waals surface area contributed by atoms with Crippen molar-refractivity contribution in [3.63, 3.8) is 0 Å². The molecule has 0 radical (unpaired) electrons. The molecule has 1 unspecified atom stereocenters. The Morgan fingerprint density at radius 3 is 2.50 bits per heavy atom. The third-order valence-corrected chi connectivity index (χ3v) is 5.62. The fraction of sp³-hybridized carbons (Fsp3) is 0.647. The Morgan fingerprint density at radius 2 is 1.91 bits per heavy atom. The van der Waals surface area contributed by atoms with E-state index in [-0.39, 0.29) is 0 Å². The molecule has 0 amide bonds. The summed E-state index contributed by atoms with van der Waals surface area (Å²) in [5, 5.41) is 0. The van der Waals surface area contributed by atoms with E-state index in [2.05, 4.69) is 13.8 Å². The van der Waals surface area contributed by atoms with E-state index >= 15 is 0 Å². The third kappa shape index (κ3) is 5.07. The van der Waals surface area contributed by atoms with Gasteiger partial charge in [0.05, 0.1) is 11.5 Å². The number of sulfonamides is 1. The Bertz CT molecular complexity index is 541. The summed E-state index contributed by atoms with van der Waals surface area (Å²) in [7, 11) is -1.70. The van der Waals surface area contributed by atoms with Crippen molar-refractivity contribution in [3.05, 3.63) is 29.8 Å². The van der Waals surface area contributed by atoms with E-state index in [1.807, 2.05) is 19.1 Å². The van der Waals surface area contributed by atoms with Gasteiger partial charge < -0.3 is 4.74 Å². The second kappa shape index (κ2) is 9.28. The van der Waals surface area contributed by atoms with Gasteiger partial charge >= 0.3 is 0 Å². The van der Waals surface area contributed by atoms with Crippen molar-refractivity contribution in [2.75, 3.05) is 26.8 Å². The molecule has 0 spiro atoms. The number of rotatable bonds is 4. The van der Waals surface area contributed by atoms with Gasteiger partial charge in [-0.05, 0) is 37.3 Å². The van der Waals surface area contributed by atoms with Crippen LogP contribution in [0.1, 0.15) is 38.7 Å². The summed E-state index contributed by atoms with van der Waals surface area (Å²) >= 11 is 0. The Morgan fingerprint density at radius 1 is 1.27 bits per heavy atom. The molecule has 126 valence electrons. The number of aryl methyl sites for hydroxylation is 1. The van der Waals surface area contributed by atoms with E-state index < -0.39 is 10.0 Å². The minimum Gasteiger partial charge on any atom is -0.384 e. The smallest absolute Gasteiger partial charge is 0.243 e. The molecule has 0 saturated carbocycles. The Hall–Kier alpha value is -0.910. The lowest BCUT2D eigenvalue weighted by molar-refractivity contribution is 0.118. The van der Waals surface area contributed by atoms with Crippen molar-refractivity contribution in [3.8, 4) is 0 Å². The standard InChI is InChI=1S/C14H21NO3S.C3H8/c1-12-6-3-4-8-14(12)19(16,17)15-9-5-7-13(10-15)11-18-2;1-3-2/h3-4,6,8,13H,5,7,9-11H2,1-2H3;3H2,1-2H3. The van der Waals surface area contributed by atoms with Gasteiger partial charge in [0, 0.05) is 20.2 Å². The molecule has 1 aromatic carbocycles. The molecule has 1 aliphatic rings. The number of hydrogen-bond acceptors (Lipinski definition) is 3. The highest BCUT2D eigenvalue weighted by molar-refractivity contribution is 7.89. The number of hydrogen-bond donors (Lipinski definition) is 0. The van der Waals surface area contributed by atoms with E-state index in [0.717, 1.165) is 18.4 Å². The Labute approximate surface area is 135 Å². The number of nitrogens with zero attached hydrogens (tertiary/aromatic N) is 1. The quantitative estimate of drug-likeness (QED) is 0.851. The van der Waals surface area contributed by atoms with E-state index in [4.69, 9.17) is 4.74 Å². The van der Waals surface area contributed by atoms with E-state index in [1.165, 1.54) is 6.42 Å². The van der Waals surface area contributed by atoms with Gasteiger partial charge in [0.2, 0.25) is 10.0 Å². The number of benzene rings is 1. The first-order chi connectivity index (χ1) is 10.5. The lowest BCUT2D eigenvalue weighted by Crippen LogP contribution is -2.41. The van der Waals surface area contributed by atoms with Gasteiger partial charge in [-0.1, -0.05) is 38.5 Å². The van der Waals surface area contributed by atoms with E-state index in [0.29, 0.717) is 30.5 Å². The van der Waals surface area contributed by atoms with Crippen molar-refractivity contribution in [2.24, 2.45) is 5.92 Å². The average molecular weight is 327 g/mol. The zero-order chi connectivity index (χ0) is 16.6. The normalized spacial score (nSPS) is 19.4. The first-order valence-electron chi connectivity index (χ1n) is 8.02. The SMILES string of the molecule is CCC.COCC1CCCN(S(=O)(=O)c2ccccc2C)C1. The molecule has 5 heteroatoms. The van der Waals surface area contributed by atoms with Crippen LogP contribution in [0.5, 0.6) is 0 Å². The molecule has 22 heavy (non-hydrogen) atoms. The highest BCUT2D eigenvalue weighted by atomic mass is 32.2. The van der Waals surface area contributed by atoms with Crippen molar-refractivity contribution < 1.29 is 13.2 Å². The predicted molar refractivity (Wildman–Crippen MR) is 90.5 cm³/mol. The highest BCUT2D eigenvalue weighted by Gasteiger charge is 2.30. The maximum atomic E-state index is 12.6. The molecule has 1 saturated heterocycles. The van der Waals surface area contributed by atoms with Gasteiger partial charge in [0.15, 0.2) is 0 Å². The molecule has 0 aliphatic carbocycles. The Balaban J connectivity index is 0.000000745. The van der Waals surface area contributed by atoms with Gasteiger partial charge in [-0.2, -0.15) is 4.31 Å². The molecule has 1 atom stereocenters. The minimum absolute atomic E-state index is 0.303. The zero-order valence-electron chi connectivity index (χ0n) is 14.2. The number of methoxy groups -OCH3 is 1. The van der Waals surface area contributed by atoms with Crippen LogP contribution >= 0.6 is 0 Å². The molecule has 1 heterocycles. The van der Waals surface area contributed by atoms with Crippen molar-refractivity contribution in [1.29, 1.82) is 0 Å². The second-order valence-electron chi connectivity index (χ2n) is 5.80. The van der Waals surface area contributed by atoms with Crippen LogP contribution in [0.15, 0.2) is 29.2 Å². The summed E-state index contributed by atoms with van der Waals surface area (Å²) in [5.41, 5.74) is 0.802. The summed E-state index contributed by atoms with van der Waals surface area (Å²) in [4.78, 5) is 0.424. The van der Waals surface area contributed by atoms with E-state index in [1.54, 1.807) is 23.5 Å². The molecule has 1 fully saturated rings. The predicted octanol–water partition coefficient (Wildman–Crippen LogP) is 3.46. The molecule has 0 N–H and O–H groups in total. The molecular formula is C17H29NO3S. The summed E-state index contributed by atoms with van der Waals surface area (Å²) in [6.45, 7) is 7.88. The van der Waals surface area contributed by atoms with Gasteiger partial charge in [0.1, 0.15) is 0 Å². The highest BCUT2D eigenvalue weighted by Crippen LogP contribution is 2.25. The molecule has 0 aromatic heterocycles. The van der Waals surface area contributed by atoms with Crippen molar-refractivity contribution in [1.82, 2.24) is 4.31 Å². The molecule has 2 rings (SSSR count). The fourth-order valence-electron chi connectivity index (χ4n) is 2.60. The van der Waals surface area contributed by atoms with Crippen LogP contribution in [0.25, 0.3) is 0 Å².